The lowest BCUT2D eigenvalue weighted by Crippen LogP contribution is -2.34. The predicted molar refractivity (Wildman–Crippen MR) is 140 cm³/mol. The Bertz CT molecular complexity index is 984. The molecule has 182 valence electrons. The lowest BCUT2D eigenvalue weighted by Gasteiger charge is -2.06. The molecule has 4 N–H and O–H groups in total. The van der Waals surface area contributed by atoms with Gasteiger partial charge in [0.05, 0.1) is 8.95 Å². The molecule has 0 bridgehead atoms. The second-order valence-electron chi connectivity index (χ2n) is 6.93. The van der Waals surface area contributed by atoms with Crippen molar-refractivity contribution < 1.29 is 29.4 Å². The van der Waals surface area contributed by atoms with E-state index in [0.29, 0.717) is 44.7 Å². The number of ketones is 2. The first-order chi connectivity index (χ1) is 16.2. The van der Waals surface area contributed by atoms with Crippen LogP contribution in [0.2, 0.25) is 0 Å². The van der Waals surface area contributed by atoms with Gasteiger partial charge in [0.15, 0.2) is 0 Å². The van der Waals surface area contributed by atoms with E-state index >= 15 is 0 Å². The van der Waals surface area contributed by atoms with E-state index in [1.165, 1.54) is 33.7 Å². The Kier molecular flexibility index (Phi) is 11.9. The molecule has 0 radical (unpaired) electrons. The predicted octanol–water partition coefficient (Wildman–Crippen LogP) is 3.16. The molecule has 8 nitrogen and oxygen atoms in total. The number of phenolic OH excluding ortho intramolecular Hbond substituents is 2. The van der Waals surface area contributed by atoms with Crippen LogP contribution < -0.4 is 10.6 Å². The van der Waals surface area contributed by atoms with Crippen molar-refractivity contribution in [3.05, 3.63) is 56.5 Å². The molecule has 0 saturated heterocycles. The van der Waals surface area contributed by atoms with Crippen LogP contribution in [0.1, 0.15) is 11.1 Å². The molecule has 0 spiro atoms. The fourth-order valence-corrected chi connectivity index (χ4v) is 5.25. The van der Waals surface area contributed by atoms with Crippen LogP contribution in [0.15, 0.2) is 45.3 Å². The number of hydrogen-bond donors (Lipinski definition) is 4. The Balaban J connectivity index is 1.54. The maximum absolute atomic E-state index is 12.0. The van der Waals surface area contributed by atoms with Crippen molar-refractivity contribution in [2.75, 3.05) is 24.6 Å². The minimum absolute atomic E-state index is 0.0591. The van der Waals surface area contributed by atoms with E-state index in [1.807, 2.05) is 0 Å². The second-order valence-corrected chi connectivity index (χ2v) is 11.3. The monoisotopic (exact) mass is 632 g/mol. The highest BCUT2D eigenvalue weighted by atomic mass is 79.9. The highest BCUT2D eigenvalue weighted by molar-refractivity contribution is 9.10. The lowest BCUT2D eigenvalue weighted by atomic mass is 10.1. The summed E-state index contributed by atoms with van der Waals surface area (Å²) in [5.41, 5.74) is 1.23. The number of benzene rings is 2. The van der Waals surface area contributed by atoms with Gasteiger partial charge < -0.3 is 20.8 Å². The molecule has 2 aromatic carbocycles. The first-order valence-corrected chi connectivity index (χ1v) is 14.1. The molecule has 0 aliphatic carbocycles. The van der Waals surface area contributed by atoms with Crippen molar-refractivity contribution in [3.63, 3.8) is 0 Å². The number of aromatic hydroxyl groups is 2. The molecule has 0 unspecified atom stereocenters. The smallest absolute Gasteiger partial charge is 0.287 e. The summed E-state index contributed by atoms with van der Waals surface area (Å²) < 4.78 is 0.913. The Morgan fingerprint density at radius 1 is 0.706 bits per heavy atom. The Morgan fingerprint density at radius 2 is 1.09 bits per heavy atom. The molecule has 12 heteroatoms. The molecule has 34 heavy (non-hydrogen) atoms. The Hall–Kier alpha value is -2.02. The topological polar surface area (TPSA) is 133 Å². The number of Topliss-reactive ketones (excluding diaryl/α,β-unsaturated/α-hetero) is 2. The third-order valence-electron chi connectivity index (χ3n) is 4.29. The fourth-order valence-electron chi connectivity index (χ4n) is 2.58. The van der Waals surface area contributed by atoms with Crippen molar-refractivity contribution >= 4 is 76.8 Å². The van der Waals surface area contributed by atoms with E-state index in [0.717, 1.165) is 0 Å². The van der Waals surface area contributed by atoms with Crippen LogP contribution >= 0.6 is 53.4 Å². The molecular weight excluding hydrogens is 612 g/mol. The van der Waals surface area contributed by atoms with Crippen molar-refractivity contribution in [1.29, 1.82) is 0 Å². The van der Waals surface area contributed by atoms with Gasteiger partial charge in [0.2, 0.25) is 11.6 Å². The van der Waals surface area contributed by atoms with Crippen LogP contribution in [0.5, 0.6) is 11.5 Å². The zero-order valence-corrected chi connectivity index (χ0v) is 22.6. The number of phenols is 2. The van der Waals surface area contributed by atoms with Gasteiger partial charge in [0.25, 0.3) is 11.8 Å². The summed E-state index contributed by atoms with van der Waals surface area (Å²) >= 11 is 6.33. The molecule has 0 heterocycles. The van der Waals surface area contributed by atoms with Gasteiger partial charge >= 0.3 is 0 Å². The second kappa shape index (κ2) is 14.4. The molecule has 2 amide bonds. The summed E-state index contributed by atoms with van der Waals surface area (Å²) in [5.74, 6) is -1.21. The first-order valence-electron chi connectivity index (χ1n) is 9.98. The quantitative estimate of drug-likeness (QED) is 0.150. The van der Waals surface area contributed by atoms with Crippen LogP contribution in [0.3, 0.4) is 0 Å². The molecule has 0 aliphatic heterocycles. The molecule has 0 atom stereocenters. The number of rotatable bonds is 13. The van der Waals surface area contributed by atoms with Crippen LogP contribution in [-0.4, -0.2) is 58.2 Å². The first kappa shape index (κ1) is 28.2. The number of nitrogens with one attached hydrogen (secondary N) is 2. The van der Waals surface area contributed by atoms with Gasteiger partial charge in [-0.2, -0.15) is 0 Å². The van der Waals surface area contributed by atoms with E-state index in [9.17, 15) is 29.4 Å². The molecule has 0 aromatic heterocycles. The SMILES string of the molecule is O=C(Cc1ccc(O)c(Br)c1)C(=O)NCCSSCCNC(=O)C(=O)Cc1ccc(O)c(Br)c1. The van der Waals surface area contributed by atoms with Gasteiger partial charge in [-0.3, -0.25) is 19.2 Å². The van der Waals surface area contributed by atoms with Gasteiger partial charge in [-0.15, -0.1) is 0 Å². The number of carbonyl (C=O) groups is 4. The van der Waals surface area contributed by atoms with E-state index in [-0.39, 0.29) is 24.3 Å². The van der Waals surface area contributed by atoms with E-state index in [1.54, 1.807) is 24.3 Å². The number of amides is 2. The third-order valence-corrected chi connectivity index (χ3v) is 7.96. The maximum Gasteiger partial charge on any atom is 0.287 e. The van der Waals surface area contributed by atoms with Gasteiger partial charge in [-0.05, 0) is 67.3 Å². The molecule has 2 rings (SSSR count). The summed E-state index contributed by atoms with van der Waals surface area (Å²) in [6.45, 7) is 0.628. The molecular formula is C22H22Br2N2O6S2. The van der Waals surface area contributed by atoms with Crippen LogP contribution in [0.4, 0.5) is 0 Å². The number of halogens is 2. The van der Waals surface area contributed by atoms with Crippen molar-refractivity contribution in [2.45, 2.75) is 12.8 Å². The Labute approximate surface area is 221 Å². The van der Waals surface area contributed by atoms with Crippen molar-refractivity contribution in [1.82, 2.24) is 10.6 Å². The average Bonchev–Trinajstić information content (AvgIpc) is 2.80. The fraction of sp³-hybridized carbons (Fsp3) is 0.273. The molecule has 0 saturated carbocycles. The van der Waals surface area contributed by atoms with E-state index < -0.39 is 23.4 Å². The summed E-state index contributed by atoms with van der Waals surface area (Å²) in [6.07, 6.45) is -0.121. The summed E-state index contributed by atoms with van der Waals surface area (Å²) in [5, 5.41) is 24.1. The van der Waals surface area contributed by atoms with Gasteiger partial charge in [0, 0.05) is 37.4 Å². The average molecular weight is 634 g/mol. The van der Waals surface area contributed by atoms with E-state index in [4.69, 9.17) is 0 Å². The van der Waals surface area contributed by atoms with Gasteiger partial charge in [0.1, 0.15) is 11.5 Å². The van der Waals surface area contributed by atoms with Crippen LogP contribution in [0.25, 0.3) is 0 Å². The number of carbonyl (C=O) groups excluding carboxylic acids is 4. The van der Waals surface area contributed by atoms with Crippen molar-refractivity contribution in [3.8, 4) is 11.5 Å². The third kappa shape index (κ3) is 9.69. The summed E-state index contributed by atoms with van der Waals surface area (Å²) in [4.78, 5) is 47.8. The highest BCUT2D eigenvalue weighted by Gasteiger charge is 2.15. The zero-order valence-electron chi connectivity index (χ0n) is 17.8. The molecule has 0 fully saturated rings. The van der Waals surface area contributed by atoms with E-state index in [2.05, 4.69) is 42.5 Å². The highest BCUT2D eigenvalue weighted by Crippen LogP contribution is 2.25. The lowest BCUT2D eigenvalue weighted by molar-refractivity contribution is -0.137. The summed E-state index contributed by atoms with van der Waals surface area (Å²) in [6, 6.07) is 9.24. The minimum Gasteiger partial charge on any atom is -0.507 e. The van der Waals surface area contributed by atoms with Crippen LogP contribution in [-0.2, 0) is 32.0 Å². The van der Waals surface area contributed by atoms with Gasteiger partial charge in [-0.1, -0.05) is 33.7 Å². The standard InChI is InChI=1S/C22H22Br2N2O6S2/c23-15-9-13(1-3-17(15)27)11-19(29)21(31)25-5-7-33-34-8-6-26-22(32)20(30)12-14-2-4-18(28)16(24)10-14/h1-4,9-10,27-28H,5-8,11-12H2,(H,25,31)(H,26,32). The molecule has 0 aliphatic rings. The van der Waals surface area contributed by atoms with Crippen LogP contribution in [0, 0.1) is 0 Å². The summed E-state index contributed by atoms with van der Waals surface area (Å²) in [7, 11) is 2.94. The Morgan fingerprint density at radius 3 is 1.44 bits per heavy atom. The zero-order chi connectivity index (χ0) is 25.1. The number of hydrogen-bond acceptors (Lipinski definition) is 8. The maximum atomic E-state index is 12.0. The van der Waals surface area contributed by atoms with Crippen molar-refractivity contribution in [2.24, 2.45) is 0 Å². The minimum atomic E-state index is -0.666. The largest absolute Gasteiger partial charge is 0.507 e. The van der Waals surface area contributed by atoms with Gasteiger partial charge in [-0.25, -0.2) is 0 Å². The molecule has 2 aromatic rings. The normalized spacial score (nSPS) is 10.5.